The van der Waals surface area contributed by atoms with Crippen molar-refractivity contribution in [2.24, 2.45) is 0 Å². The summed E-state index contributed by atoms with van der Waals surface area (Å²) in [5.74, 6) is 1.63. The van der Waals surface area contributed by atoms with E-state index in [0.29, 0.717) is 0 Å². The first-order valence-corrected chi connectivity index (χ1v) is 7.55. The van der Waals surface area contributed by atoms with Gasteiger partial charge in [-0.15, -0.1) is 0 Å². The molecule has 0 unspecified atom stereocenters. The standard InChI is InChI=1S/C16H19ClN2O/c1-11-9-12(4-7-14(11)17)15-10-19-16(20-15)3-2-8-18-13-5-6-13/h4,7,9-10,13,18H,2-3,5-6,8H2,1H3. The molecule has 0 amide bonds. The van der Waals surface area contributed by atoms with Crippen LogP contribution in [-0.4, -0.2) is 17.6 Å². The summed E-state index contributed by atoms with van der Waals surface area (Å²) in [6, 6.07) is 6.66. The number of benzene rings is 1. The number of aryl methyl sites for hydroxylation is 2. The minimum atomic E-state index is 0.771. The van der Waals surface area contributed by atoms with Gasteiger partial charge in [-0.2, -0.15) is 0 Å². The van der Waals surface area contributed by atoms with Gasteiger partial charge in [-0.1, -0.05) is 11.6 Å². The van der Waals surface area contributed by atoms with Crippen molar-refractivity contribution in [3.8, 4) is 11.3 Å². The van der Waals surface area contributed by atoms with Crippen LogP contribution in [-0.2, 0) is 6.42 Å². The molecule has 1 fully saturated rings. The maximum absolute atomic E-state index is 6.04. The second-order valence-electron chi connectivity index (χ2n) is 5.41. The molecule has 106 valence electrons. The predicted octanol–water partition coefficient (Wildman–Crippen LogP) is 3.99. The van der Waals surface area contributed by atoms with Crippen molar-refractivity contribution in [1.29, 1.82) is 0 Å². The number of halogens is 1. The van der Waals surface area contributed by atoms with Crippen LogP contribution in [0.4, 0.5) is 0 Å². The van der Waals surface area contributed by atoms with Crippen molar-refractivity contribution in [2.75, 3.05) is 6.54 Å². The molecule has 3 rings (SSSR count). The van der Waals surface area contributed by atoms with Crippen LogP contribution in [0.25, 0.3) is 11.3 Å². The lowest BCUT2D eigenvalue weighted by molar-refractivity contribution is 0.491. The van der Waals surface area contributed by atoms with E-state index < -0.39 is 0 Å². The molecule has 1 aromatic carbocycles. The van der Waals surface area contributed by atoms with E-state index in [4.69, 9.17) is 16.0 Å². The first kappa shape index (κ1) is 13.7. The molecule has 1 aliphatic carbocycles. The fourth-order valence-corrected chi connectivity index (χ4v) is 2.31. The molecule has 0 spiro atoms. The van der Waals surface area contributed by atoms with Gasteiger partial charge in [-0.25, -0.2) is 4.98 Å². The molecule has 1 N–H and O–H groups in total. The van der Waals surface area contributed by atoms with Crippen LogP contribution in [0.15, 0.2) is 28.8 Å². The van der Waals surface area contributed by atoms with E-state index in [9.17, 15) is 0 Å². The van der Waals surface area contributed by atoms with Crippen LogP contribution in [0, 0.1) is 6.92 Å². The van der Waals surface area contributed by atoms with Crippen molar-refractivity contribution < 1.29 is 4.42 Å². The van der Waals surface area contributed by atoms with Crippen LogP contribution in [0.2, 0.25) is 5.02 Å². The fraction of sp³-hybridized carbons (Fsp3) is 0.438. The van der Waals surface area contributed by atoms with E-state index in [2.05, 4.69) is 10.3 Å². The highest BCUT2D eigenvalue weighted by atomic mass is 35.5. The van der Waals surface area contributed by atoms with Gasteiger partial charge < -0.3 is 9.73 Å². The number of aromatic nitrogens is 1. The van der Waals surface area contributed by atoms with Gasteiger partial charge >= 0.3 is 0 Å². The maximum atomic E-state index is 6.04. The van der Waals surface area contributed by atoms with Crippen molar-refractivity contribution in [3.63, 3.8) is 0 Å². The van der Waals surface area contributed by atoms with Crippen molar-refractivity contribution in [3.05, 3.63) is 40.9 Å². The van der Waals surface area contributed by atoms with Crippen LogP contribution in [0.1, 0.15) is 30.7 Å². The van der Waals surface area contributed by atoms with E-state index in [0.717, 1.165) is 53.2 Å². The highest BCUT2D eigenvalue weighted by Crippen LogP contribution is 2.25. The molecule has 0 aliphatic heterocycles. The Hall–Kier alpha value is -1.32. The summed E-state index contributed by atoms with van der Waals surface area (Å²) in [6.07, 6.45) is 6.41. The Morgan fingerprint density at radius 2 is 2.25 bits per heavy atom. The van der Waals surface area contributed by atoms with E-state index >= 15 is 0 Å². The summed E-state index contributed by atoms with van der Waals surface area (Å²) >= 11 is 6.04. The SMILES string of the molecule is Cc1cc(-c2cnc(CCCNC3CC3)o2)ccc1Cl. The van der Waals surface area contributed by atoms with Crippen molar-refractivity contribution >= 4 is 11.6 Å². The Labute approximate surface area is 124 Å². The summed E-state index contributed by atoms with van der Waals surface area (Å²) in [5, 5.41) is 4.27. The summed E-state index contributed by atoms with van der Waals surface area (Å²) in [7, 11) is 0. The molecule has 3 nitrogen and oxygen atoms in total. The number of oxazole rings is 1. The number of nitrogens with zero attached hydrogens (tertiary/aromatic N) is 1. The largest absolute Gasteiger partial charge is 0.441 e. The average molecular weight is 291 g/mol. The lowest BCUT2D eigenvalue weighted by atomic mass is 10.1. The Morgan fingerprint density at radius 3 is 3.00 bits per heavy atom. The first-order chi connectivity index (χ1) is 9.72. The van der Waals surface area contributed by atoms with Gasteiger partial charge in [0.15, 0.2) is 11.7 Å². The van der Waals surface area contributed by atoms with E-state index in [1.807, 2.05) is 25.1 Å². The molecule has 1 aromatic heterocycles. The number of hydrogen-bond donors (Lipinski definition) is 1. The zero-order chi connectivity index (χ0) is 13.9. The van der Waals surface area contributed by atoms with E-state index in [1.165, 1.54) is 12.8 Å². The van der Waals surface area contributed by atoms with Crippen LogP contribution in [0.5, 0.6) is 0 Å². The number of nitrogens with one attached hydrogen (secondary N) is 1. The molecule has 0 atom stereocenters. The molecular formula is C16H19ClN2O. The fourth-order valence-electron chi connectivity index (χ4n) is 2.19. The third kappa shape index (κ3) is 3.41. The molecule has 1 saturated carbocycles. The Kier molecular flexibility index (Phi) is 4.08. The second kappa shape index (κ2) is 5.98. The average Bonchev–Trinajstić information content (AvgIpc) is 3.15. The maximum Gasteiger partial charge on any atom is 0.194 e. The van der Waals surface area contributed by atoms with Gasteiger partial charge in [0.25, 0.3) is 0 Å². The van der Waals surface area contributed by atoms with Gasteiger partial charge in [0.2, 0.25) is 0 Å². The van der Waals surface area contributed by atoms with Gasteiger partial charge in [0, 0.05) is 23.0 Å². The lowest BCUT2D eigenvalue weighted by Gasteiger charge is -2.01. The van der Waals surface area contributed by atoms with Gasteiger partial charge in [-0.05, 0) is 56.5 Å². The molecule has 1 aliphatic rings. The topological polar surface area (TPSA) is 38.1 Å². The Bertz CT molecular complexity index is 590. The summed E-state index contributed by atoms with van der Waals surface area (Å²) < 4.78 is 5.81. The molecule has 0 saturated heterocycles. The molecule has 2 aromatic rings. The van der Waals surface area contributed by atoms with Gasteiger partial charge in [0.1, 0.15) is 0 Å². The first-order valence-electron chi connectivity index (χ1n) is 7.17. The lowest BCUT2D eigenvalue weighted by Crippen LogP contribution is -2.17. The highest BCUT2D eigenvalue weighted by Gasteiger charge is 2.19. The molecular weight excluding hydrogens is 272 g/mol. The van der Waals surface area contributed by atoms with Crippen LogP contribution in [0.3, 0.4) is 0 Å². The normalized spacial score (nSPS) is 14.7. The van der Waals surface area contributed by atoms with E-state index in [1.54, 1.807) is 6.20 Å². The molecule has 20 heavy (non-hydrogen) atoms. The summed E-state index contributed by atoms with van der Waals surface area (Å²) in [4.78, 5) is 4.35. The van der Waals surface area contributed by atoms with Gasteiger partial charge in [-0.3, -0.25) is 0 Å². The molecule has 1 heterocycles. The predicted molar refractivity (Wildman–Crippen MR) is 81.0 cm³/mol. The van der Waals surface area contributed by atoms with Crippen LogP contribution >= 0.6 is 11.6 Å². The summed E-state index contributed by atoms with van der Waals surface area (Å²) in [5.41, 5.74) is 2.08. The minimum absolute atomic E-state index is 0.771. The molecule has 4 heteroatoms. The second-order valence-corrected chi connectivity index (χ2v) is 5.82. The third-order valence-electron chi connectivity index (χ3n) is 3.57. The highest BCUT2D eigenvalue weighted by molar-refractivity contribution is 6.31. The van der Waals surface area contributed by atoms with E-state index in [-0.39, 0.29) is 0 Å². The van der Waals surface area contributed by atoms with Crippen molar-refractivity contribution in [2.45, 2.75) is 38.6 Å². The summed E-state index contributed by atoms with van der Waals surface area (Å²) in [6.45, 7) is 3.04. The van der Waals surface area contributed by atoms with Crippen molar-refractivity contribution in [1.82, 2.24) is 10.3 Å². The monoisotopic (exact) mass is 290 g/mol. The van der Waals surface area contributed by atoms with Crippen LogP contribution < -0.4 is 5.32 Å². The molecule has 0 bridgehead atoms. The quantitative estimate of drug-likeness (QED) is 0.818. The third-order valence-corrected chi connectivity index (χ3v) is 4.00. The van der Waals surface area contributed by atoms with Gasteiger partial charge in [0.05, 0.1) is 6.20 Å². The Balaban J connectivity index is 1.58. The molecule has 0 radical (unpaired) electrons. The minimum Gasteiger partial charge on any atom is -0.441 e. The number of rotatable bonds is 6. The number of hydrogen-bond acceptors (Lipinski definition) is 3. The zero-order valence-corrected chi connectivity index (χ0v) is 12.4. The zero-order valence-electron chi connectivity index (χ0n) is 11.7. The Morgan fingerprint density at radius 1 is 1.40 bits per heavy atom. The smallest absolute Gasteiger partial charge is 0.194 e.